The molecule has 1 unspecified atom stereocenters. The molecule has 1 aliphatic heterocycles. The molecule has 1 fully saturated rings. The zero-order valence-corrected chi connectivity index (χ0v) is 10.1. The number of carbonyl (C=O) groups excluding carboxylic acids is 1. The van der Waals surface area contributed by atoms with E-state index in [0.717, 1.165) is 13.1 Å². The van der Waals surface area contributed by atoms with Crippen molar-refractivity contribution in [3.8, 4) is 0 Å². The number of nitrogens with one attached hydrogen (secondary N) is 1. The van der Waals surface area contributed by atoms with Crippen molar-refractivity contribution in [2.45, 2.75) is 51.5 Å². The Hall–Kier alpha value is -0.650. The molecule has 0 aromatic heterocycles. The van der Waals surface area contributed by atoms with Gasteiger partial charge in [0.25, 0.3) is 0 Å². The molecule has 0 saturated carbocycles. The van der Waals surface area contributed by atoms with E-state index in [9.17, 15) is 4.79 Å². The highest BCUT2D eigenvalue weighted by Crippen LogP contribution is 2.20. The first kappa shape index (κ1) is 13.4. The standard InChI is InChI=1S/C11H23N3O2/c1-2-5-10-6-3-4-8-14(10)9-7-11(15)16-13-12/h10,13H,2-9,12H2,1H3. The van der Waals surface area contributed by atoms with Gasteiger partial charge in [0, 0.05) is 12.6 Å². The maximum atomic E-state index is 11.2. The second-order valence-electron chi connectivity index (χ2n) is 4.32. The first-order chi connectivity index (χ1) is 7.77. The normalized spacial score (nSPS) is 22.0. The lowest BCUT2D eigenvalue weighted by atomic mass is 9.98. The Balaban J connectivity index is 2.29. The van der Waals surface area contributed by atoms with Gasteiger partial charge in [0.2, 0.25) is 0 Å². The van der Waals surface area contributed by atoms with Crippen LogP contribution in [-0.4, -0.2) is 30.0 Å². The second-order valence-corrected chi connectivity index (χ2v) is 4.32. The van der Waals surface area contributed by atoms with Crippen molar-refractivity contribution < 1.29 is 9.63 Å². The predicted octanol–water partition coefficient (Wildman–Crippen LogP) is 0.953. The summed E-state index contributed by atoms with van der Waals surface area (Å²) in [6.45, 7) is 4.10. The fourth-order valence-electron chi connectivity index (χ4n) is 2.37. The molecular formula is C11H23N3O2. The third-order valence-corrected chi connectivity index (χ3v) is 3.15. The molecule has 5 nitrogen and oxygen atoms in total. The van der Waals surface area contributed by atoms with E-state index in [1.54, 1.807) is 0 Å². The number of nitrogens with two attached hydrogens (primary N) is 1. The van der Waals surface area contributed by atoms with Gasteiger partial charge in [-0.25, -0.2) is 5.84 Å². The van der Waals surface area contributed by atoms with Gasteiger partial charge in [0.1, 0.15) is 0 Å². The summed E-state index contributed by atoms with van der Waals surface area (Å²) >= 11 is 0. The van der Waals surface area contributed by atoms with Gasteiger partial charge in [-0.05, 0) is 25.8 Å². The van der Waals surface area contributed by atoms with Gasteiger partial charge in [-0.2, -0.15) is 0 Å². The fourth-order valence-corrected chi connectivity index (χ4v) is 2.37. The second kappa shape index (κ2) is 7.60. The number of rotatable bonds is 6. The van der Waals surface area contributed by atoms with E-state index in [1.165, 1.54) is 32.1 Å². The zero-order chi connectivity index (χ0) is 11.8. The summed E-state index contributed by atoms with van der Waals surface area (Å²) in [6, 6.07) is 0.650. The Morgan fingerprint density at radius 1 is 1.56 bits per heavy atom. The molecule has 1 saturated heterocycles. The highest BCUT2D eigenvalue weighted by molar-refractivity contribution is 5.69. The number of piperidine rings is 1. The summed E-state index contributed by atoms with van der Waals surface area (Å²) in [5.74, 6) is 4.62. The molecular weight excluding hydrogens is 206 g/mol. The monoisotopic (exact) mass is 229 g/mol. The van der Waals surface area contributed by atoms with Gasteiger partial charge in [0.05, 0.1) is 6.42 Å². The van der Waals surface area contributed by atoms with Crippen molar-refractivity contribution in [3.63, 3.8) is 0 Å². The molecule has 0 amide bonds. The molecule has 0 aromatic rings. The molecule has 0 radical (unpaired) electrons. The molecule has 1 atom stereocenters. The summed E-state index contributed by atoms with van der Waals surface area (Å²) in [6.07, 6.45) is 6.66. The largest absolute Gasteiger partial charge is 0.356 e. The number of likely N-dealkylation sites (tertiary alicyclic amines) is 1. The van der Waals surface area contributed by atoms with Crippen molar-refractivity contribution in [3.05, 3.63) is 0 Å². The molecule has 0 bridgehead atoms. The molecule has 5 heteroatoms. The minimum absolute atomic E-state index is 0.289. The Morgan fingerprint density at radius 3 is 3.06 bits per heavy atom. The minimum atomic E-state index is -0.289. The zero-order valence-electron chi connectivity index (χ0n) is 10.1. The average Bonchev–Trinajstić information content (AvgIpc) is 2.29. The van der Waals surface area contributed by atoms with Crippen LogP contribution in [0.15, 0.2) is 0 Å². The molecule has 0 aromatic carbocycles. The van der Waals surface area contributed by atoms with Crippen LogP contribution < -0.4 is 11.4 Å². The van der Waals surface area contributed by atoms with Gasteiger partial charge < -0.3 is 4.84 Å². The molecule has 94 valence electrons. The van der Waals surface area contributed by atoms with Crippen molar-refractivity contribution in [2.75, 3.05) is 13.1 Å². The lowest BCUT2D eigenvalue weighted by Gasteiger charge is -2.35. The lowest BCUT2D eigenvalue weighted by molar-refractivity contribution is -0.151. The van der Waals surface area contributed by atoms with Crippen LogP contribution in [0.2, 0.25) is 0 Å². The van der Waals surface area contributed by atoms with Crippen molar-refractivity contribution in [2.24, 2.45) is 5.84 Å². The lowest BCUT2D eigenvalue weighted by Crippen LogP contribution is -2.41. The predicted molar refractivity (Wildman–Crippen MR) is 62.2 cm³/mol. The Labute approximate surface area is 97.2 Å². The maximum Gasteiger partial charge on any atom is 0.327 e. The number of hydrazine groups is 1. The Morgan fingerprint density at radius 2 is 2.38 bits per heavy atom. The highest BCUT2D eigenvalue weighted by atomic mass is 16.7. The van der Waals surface area contributed by atoms with Crippen molar-refractivity contribution in [1.82, 2.24) is 10.5 Å². The van der Waals surface area contributed by atoms with Crippen LogP contribution in [0.4, 0.5) is 0 Å². The van der Waals surface area contributed by atoms with Gasteiger partial charge in [-0.3, -0.25) is 9.69 Å². The fraction of sp³-hybridized carbons (Fsp3) is 0.909. The maximum absolute atomic E-state index is 11.2. The summed E-state index contributed by atoms with van der Waals surface area (Å²) in [4.78, 5) is 18.1. The molecule has 1 heterocycles. The Bertz CT molecular complexity index is 209. The molecule has 0 aliphatic carbocycles. The van der Waals surface area contributed by atoms with Crippen LogP contribution in [0.1, 0.15) is 45.4 Å². The summed E-state index contributed by atoms with van der Waals surface area (Å²) in [5.41, 5.74) is 1.92. The summed E-state index contributed by atoms with van der Waals surface area (Å²) < 4.78 is 0. The van der Waals surface area contributed by atoms with E-state index in [-0.39, 0.29) is 5.97 Å². The summed E-state index contributed by atoms with van der Waals surface area (Å²) in [5, 5.41) is 0. The van der Waals surface area contributed by atoms with Crippen molar-refractivity contribution >= 4 is 5.97 Å². The molecule has 1 rings (SSSR count). The van der Waals surface area contributed by atoms with Crippen LogP contribution in [0.5, 0.6) is 0 Å². The minimum Gasteiger partial charge on any atom is -0.356 e. The number of hydrogen-bond donors (Lipinski definition) is 2. The van der Waals surface area contributed by atoms with Crippen LogP contribution in [0.25, 0.3) is 0 Å². The van der Waals surface area contributed by atoms with E-state index in [1.807, 2.05) is 5.59 Å². The van der Waals surface area contributed by atoms with E-state index in [2.05, 4.69) is 16.7 Å². The number of hydrogen-bond acceptors (Lipinski definition) is 5. The summed E-state index contributed by atoms with van der Waals surface area (Å²) in [7, 11) is 0. The van der Waals surface area contributed by atoms with E-state index in [4.69, 9.17) is 5.84 Å². The highest BCUT2D eigenvalue weighted by Gasteiger charge is 2.21. The SMILES string of the molecule is CCCC1CCCCN1CCC(=O)ONN. The average molecular weight is 229 g/mol. The Kier molecular flexibility index (Phi) is 6.37. The van der Waals surface area contributed by atoms with Crippen LogP contribution in [0, 0.1) is 0 Å². The molecule has 1 aliphatic rings. The molecule has 0 spiro atoms. The quantitative estimate of drug-likeness (QED) is 0.524. The number of carbonyl (C=O) groups is 1. The smallest absolute Gasteiger partial charge is 0.327 e. The molecule has 3 N–H and O–H groups in total. The topological polar surface area (TPSA) is 67.6 Å². The third kappa shape index (κ3) is 4.47. The van der Waals surface area contributed by atoms with Gasteiger partial charge in [-0.1, -0.05) is 25.4 Å². The van der Waals surface area contributed by atoms with Crippen LogP contribution in [-0.2, 0) is 9.63 Å². The first-order valence-corrected chi connectivity index (χ1v) is 6.17. The van der Waals surface area contributed by atoms with E-state index in [0.29, 0.717) is 12.5 Å². The van der Waals surface area contributed by atoms with E-state index >= 15 is 0 Å². The van der Waals surface area contributed by atoms with Crippen LogP contribution in [0.3, 0.4) is 0 Å². The molecule has 16 heavy (non-hydrogen) atoms. The van der Waals surface area contributed by atoms with Crippen molar-refractivity contribution in [1.29, 1.82) is 0 Å². The van der Waals surface area contributed by atoms with Gasteiger partial charge >= 0.3 is 5.97 Å². The van der Waals surface area contributed by atoms with E-state index < -0.39 is 0 Å². The van der Waals surface area contributed by atoms with Gasteiger partial charge in [-0.15, -0.1) is 0 Å². The van der Waals surface area contributed by atoms with Gasteiger partial charge in [0.15, 0.2) is 0 Å². The third-order valence-electron chi connectivity index (χ3n) is 3.15. The van der Waals surface area contributed by atoms with Crippen LogP contribution >= 0.6 is 0 Å². The number of nitrogens with zero attached hydrogens (tertiary/aromatic N) is 1. The first-order valence-electron chi connectivity index (χ1n) is 6.17.